The van der Waals surface area contributed by atoms with Gasteiger partial charge in [-0.15, -0.1) is 0 Å². The average molecular weight is 533 g/mol. The summed E-state index contributed by atoms with van der Waals surface area (Å²) in [4.78, 5) is 52.1. The minimum Gasteiger partial charge on any atom is -0.508 e. The zero-order valence-corrected chi connectivity index (χ0v) is 22.3. The van der Waals surface area contributed by atoms with E-state index >= 15 is 0 Å². The number of phenols is 1. The molecule has 0 fully saturated rings. The van der Waals surface area contributed by atoms with Gasteiger partial charge in [-0.2, -0.15) is 0 Å². The van der Waals surface area contributed by atoms with Crippen molar-refractivity contribution in [3.05, 3.63) is 58.6 Å². The Balaban J connectivity index is 2.44. The van der Waals surface area contributed by atoms with Gasteiger partial charge < -0.3 is 31.1 Å². The van der Waals surface area contributed by atoms with E-state index in [0.29, 0.717) is 16.3 Å². The number of phenolic OH excluding ortho intramolecular Hbond substituents is 1. The van der Waals surface area contributed by atoms with Gasteiger partial charge in [0.2, 0.25) is 11.8 Å². The summed E-state index contributed by atoms with van der Waals surface area (Å²) >= 11 is 6.28. The molecule has 0 radical (unpaired) electrons. The first-order valence-electron chi connectivity index (χ1n) is 11.6. The van der Waals surface area contributed by atoms with Crippen molar-refractivity contribution >= 4 is 41.1 Å². The molecule has 0 aromatic heterocycles. The largest absolute Gasteiger partial charge is 0.508 e. The maximum atomic E-state index is 13.6. The molecule has 2 rings (SSSR count). The SMILES string of the molecule is Cc1cccc(Cl)c1NC(=O)C(c1ccccc1O)N(C)C(=O)C(CCC(N)=O)NC(=O)OC(C)(C)C. The number of aryl methyl sites for hydroxylation is 1. The van der Waals surface area contributed by atoms with Crippen molar-refractivity contribution in [3.8, 4) is 5.75 Å². The monoisotopic (exact) mass is 532 g/mol. The lowest BCUT2D eigenvalue weighted by Gasteiger charge is -2.32. The number of anilines is 1. The number of nitrogens with one attached hydrogen (secondary N) is 2. The van der Waals surface area contributed by atoms with Gasteiger partial charge in [0.25, 0.3) is 5.91 Å². The molecule has 2 aromatic rings. The van der Waals surface area contributed by atoms with Crippen LogP contribution in [-0.4, -0.2) is 52.5 Å². The van der Waals surface area contributed by atoms with E-state index in [2.05, 4.69) is 10.6 Å². The molecule has 0 aliphatic carbocycles. The number of alkyl carbamates (subject to hydrolysis) is 1. The average Bonchev–Trinajstić information content (AvgIpc) is 2.78. The van der Waals surface area contributed by atoms with E-state index < -0.39 is 41.5 Å². The molecule has 2 aromatic carbocycles. The fourth-order valence-electron chi connectivity index (χ4n) is 3.59. The minimum atomic E-state index is -1.32. The number of benzene rings is 2. The fourth-order valence-corrected chi connectivity index (χ4v) is 3.86. The molecule has 0 aliphatic rings. The second kappa shape index (κ2) is 12.4. The summed E-state index contributed by atoms with van der Waals surface area (Å²) < 4.78 is 5.25. The lowest BCUT2D eigenvalue weighted by atomic mass is 10.0. The topological polar surface area (TPSA) is 151 Å². The Hall–Kier alpha value is -3.79. The molecule has 11 heteroatoms. The molecule has 0 spiro atoms. The van der Waals surface area contributed by atoms with Gasteiger partial charge in [-0.05, 0) is 51.8 Å². The Labute approximate surface area is 221 Å². The van der Waals surface area contributed by atoms with Crippen molar-refractivity contribution in [2.75, 3.05) is 12.4 Å². The minimum absolute atomic E-state index is 0.128. The lowest BCUT2D eigenvalue weighted by molar-refractivity contribution is -0.139. The first-order valence-corrected chi connectivity index (χ1v) is 12.0. The van der Waals surface area contributed by atoms with E-state index in [1.807, 2.05) is 0 Å². The Morgan fingerprint density at radius 1 is 1.11 bits per heavy atom. The molecule has 37 heavy (non-hydrogen) atoms. The van der Waals surface area contributed by atoms with E-state index in [-0.39, 0.29) is 24.2 Å². The predicted octanol–water partition coefficient (Wildman–Crippen LogP) is 3.65. The van der Waals surface area contributed by atoms with Crippen molar-refractivity contribution in [3.63, 3.8) is 0 Å². The molecular formula is C26H33ClN4O6. The molecule has 2 unspecified atom stereocenters. The fraction of sp³-hybridized carbons (Fsp3) is 0.385. The highest BCUT2D eigenvalue weighted by Gasteiger charge is 2.35. The molecule has 2 atom stereocenters. The van der Waals surface area contributed by atoms with Crippen LogP contribution < -0.4 is 16.4 Å². The second-order valence-corrected chi connectivity index (χ2v) is 9.94. The third-order valence-corrected chi connectivity index (χ3v) is 5.67. The second-order valence-electron chi connectivity index (χ2n) is 9.54. The van der Waals surface area contributed by atoms with E-state index in [0.717, 1.165) is 4.90 Å². The zero-order valence-electron chi connectivity index (χ0n) is 21.5. The summed E-state index contributed by atoms with van der Waals surface area (Å²) in [5.74, 6) is -2.24. The van der Waals surface area contributed by atoms with Crippen LogP contribution in [0.25, 0.3) is 0 Å². The summed E-state index contributed by atoms with van der Waals surface area (Å²) in [6.07, 6.45) is -1.21. The standard InChI is InChI=1S/C26H33ClN4O6/c1-15-9-8-11-17(27)21(15)30-23(34)22(16-10-6-7-12-19(16)32)31(5)24(35)18(13-14-20(28)33)29-25(36)37-26(2,3)4/h6-12,18,22,32H,13-14H2,1-5H3,(H2,28,33)(H,29,36)(H,30,34). The van der Waals surface area contributed by atoms with Crippen LogP contribution in [0.1, 0.15) is 50.8 Å². The van der Waals surface area contributed by atoms with Gasteiger partial charge in [-0.25, -0.2) is 4.79 Å². The van der Waals surface area contributed by atoms with Crippen molar-refractivity contribution < 1.29 is 29.0 Å². The number of likely N-dealkylation sites (N-methyl/N-ethyl adjacent to an activating group) is 1. The molecule has 0 saturated heterocycles. The summed E-state index contributed by atoms with van der Waals surface area (Å²) in [5.41, 5.74) is 5.62. The molecule has 200 valence electrons. The number of primary amides is 1. The molecule has 4 amide bonds. The van der Waals surface area contributed by atoms with Gasteiger partial charge >= 0.3 is 6.09 Å². The molecule has 0 heterocycles. The Bertz CT molecular complexity index is 1140. The zero-order chi connectivity index (χ0) is 27.9. The Morgan fingerprint density at radius 2 is 1.76 bits per heavy atom. The molecule has 0 saturated carbocycles. The number of rotatable bonds is 9. The molecule has 5 N–H and O–H groups in total. The smallest absolute Gasteiger partial charge is 0.408 e. The highest BCUT2D eigenvalue weighted by Crippen LogP contribution is 2.32. The number of hydrogen-bond acceptors (Lipinski definition) is 6. The van der Waals surface area contributed by atoms with Crippen LogP contribution >= 0.6 is 11.6 Å². The van der Waals surface area contributed by atoms with Crippen LogP contribution in [0.15, 0.2) is 42.5 Å². The van der Waals surface area contributed by atoms with Crippen LogP contribution in [-0.2, 0) is 19.1 Å². The van der Waals surface area contributed by atoms with Crippen LogP contribution in [0, 0.1) is 6.92 Å². The van der Waals surface area contributed by atoms with Crippen LogP contribution in [0.2, 0.25) is 5.02 Å². The number of carbonyl (C=O) groups is 4. The van der Waals surface area contributed by atoms with Gasteiger partial charge in [0.15, 0.2) is 0 Å². The number of nitrogens with zero attached hydrogens (tertiary/aromatic N) is 1. The lowest BCUT2D eigenvalue weighted by Crippen LogP contribution is -2.51. The normalized spacial score (nSPS) is 12.7. The first-order chi connectivity index (χ1) is 17.2. The molecule has 10 nitrogen and oxygen atoms in total. The highest BCUT2D eigenvalue weighted by atomic mass is 35.5. The molecular weight excluding hydrogens is 500 g/mol. The van der Waals surface area contributed by atoms with E-state index in [1.54, 1.807) is 58.0 Å². The van der Waals surface area contributed by atoms with Gasteiger partial charge in [0, 0.05) is 19.0 Å². The highest BCUT2D eigenvalue weighted by molar-refractivity contribution is 6.34. The Kier molecular flexibility index (Phi) is 9.90. The third-order valence-electron chi connectivity index (χ3n) is 5.35. The number of nitrogens with two attached hydrogens (primary N) is 1. The van der Waals surface area contributed by atoms with Crippen molar-refractivity contribution in [2.45, 2.75) is 58.2 Å². The van der Waals surface area contributed by atoms with Gasteiger partial charge in [0.1, 0.15) is 23.4 Å². The number of halogens is 1. The summed E-state index contributed by atoms with van der Waals surface area (Å²) in [5, 5.41) is 16.0. The number of ether oxygens (including phenoxy) is 1. The van der Waals surface area contributed by atoms with Crippen LogP contribution in [0.4, 0.5) is 10.5 Å². The third kappa shape index (κ3) is 8.38. The number of aromatic hydroxyl groups is 1. The van der Waals surface area contributed by atoms with Crippen molar-refractivity contribution in [2.24, 2.45) is 5.73 Å². The molecule has 0 aliphatic heterocycles. The number of amides is 4. The van der Waals surface area contributed by atoms with Gasteiger partial charge in [-0.1, -0.05) is 41.9 Å². The maximum Gasteiger partial charge on any atom is 0.408 e. The summed E-state index contributed by atoms with van der Waals surface area (Å²) in [6.45, 7) is 6.74. The van der Waals surface area contributed by atoms with E-state index in [1.165, 1.54) is 19.2 Å². The van der Waals surface area contributed by atoms with Crippen molar-refractivity contribution in [1.82, 2.24) is 10.2 Å². The predicted molar refractivity (Wildman–Crippen MR) is 140 cm³/mol. The van der Waals surface area contributed by atoms with Crippen LogP contribution in [0.5, 0.6) is 5.75 Å². The maximum absolute atomic E-state index is 13.6. The van der Waals surface area contributed by atoms with Crippen LogP contribution in [0.3, 0.4) is 0 Å². The number of para-hydroxylation sites is 2. The summed E-state index contributed by atoms with van der Waals surface area (Å²) in [7, 11) is 1.35. The first kappa shape index (κ1) is 29.4. The van der Waals surface area contributed by atoms with Gasteiger partial charge in [0.05, 0.1) is 10.7 Å². The van der Waals surface area contributed by atoms with E-state index in [9.17, 15) is 24.3 Å². The van der Waals surface area contributed by atoms with Gasteiger partial charge in [-0.3, -0.25) is 14.4 Å². The van der Waals surface area contributed by atoms with E-state index in [4.69, 9.17) is 22.1 Å². The Morgan fingerprint density at radius 3 is 2.32 bits per heavy atom. The number of carbonyl (C=O) groups excluding carboxylic acids is 4. The summed E-state index contributed by atoms with van der Waals surface area (Å²) in [6, 6.07) is 8.62. The van der Waals surface area contributed by atoms with Crippen molar-refractivity contribution in [1.29, 1.82) is 0 Å². The quantitative estimate of drug-likeness (QED) is 0.387. The molecule has 0 bridgehead atoms. The number of hydrogen-bond donors (Lipinski definition) is 4.